The Balaban J connectivity index is 1.03. The molecule has 5 rings (SSSR count). The molecule has 4 aromatic rings. The predicted molar refractivity (Wildman–Crippen MR) is 157 cm³/mol. The largest absolute Gasteiger partial charge is 0.487 e. The van der Waals surface area contributed by atoms with E-state index in [-0.39, 0.29) is 5.91 Å². The second kappa shape index (κ2) is 13.4. The first kappa shape index (κ1) is 27.6. The summed E-state index contributed by atoms with van der Waals surface area (Å²) in [7, 11) is 0. The van der Waals surface area contributed by atoms with E-state index in [0.29, 0.717) is 24.6 Å². The number of amides is 1. The summed E-state index contributed by atoms with van der Waals surface area (Å²) in [5, 5.41) is 3.06. The van der Waals surface area contributed by atoms with Crippen molar-refractivity contribution in [3.63, 3.8) is 0 Å². The van der Waals surface area contributed by atoms with Crippen molar-refractivity contribution < 1.29 is 13.9 Å². The number of hydrogen-bond acceptors (Lipinski definition) is 6. The van der Waals surface area contributed by atoms with Crippen LogP contribution in [0.1, 0.15) is 39.4 Å². The Morgan fingerprint density at radius 1 is 0.900 bits per heavy atom. The minimum Gasteiger partial charge on any atom is -0.487 e. The topological polar surface area (TPSA) is 70.8 Å². The molecule has 0 bridgehead atoms. The van der Waals surface area contributed by atoms with Crippen molar-refractivity contribution in [2.45, 2.75) is 33.4 Å². The third-order valence-corrected chi connectivity index (χ3v) is 7.33. The van der Waals surface area contributed by atoms with Crippen LogP contribution in [-0.4, -0.2) is 60.0 Å². The Labute approximate surface area is 236 Å². The minimum absolute atomic E-state index is 0.0602. The lowest BCUT2D eigenvalue weighted by Gasteiger charge is -2.34. The molecule has 3 aromatic carbocycles. The molecule has 7 nitrogen and oxygen atoms in total. The fourth-order valence-corrected chi connectivity index (χ4v) is 4.86. The van der Waals surface area contributed by atoms with Crippen LogP contribution in [0.15, 0.2) is 83.3 Å². The standard InChI is InChI=1S/C33H38N4O3/c1-25-9-15-30(16-10-25)39-24-31-26(2)40-33(35-31)29-13-11-28(12-14-29)32(38)34-17-6-18-36-19-21-37(22-20-36)23-27-7-4-3-5-8-27/h3-5,7-16H,6,17-24H2,1-2H3,(H,34,38). The van der Waals surface area contributed by atoms with E-state index in [2.05, 4.69) is 50.4 Å². The van der Waals surface area contributed by atoms with Gasteiger partial charge in [0.25, 0.3) is 5.91 Å². The number of carbonyl (C=O) groups is 1. The van der Waals surface area contributed by atoms with Crippen molar-refractivity contribution in [1.82, 2.24) is 20.1 Å². The lowest BCUT2D eigenvalue weighted by molar-refractivity contribution is 0.0947. The monoisotopic (exact) mass is 538 g/mol. The molecule has 7 heteroatoms. The van der Waals surface area contributed by atoms with Crippen LogP contribution in [0.5, 0.6) is 5.75 Å². The number of rotatable bonds is 11. The molecule has 0 atom stereocenters. The van der Waals surface area contributed by atoms with E-state index >= 15 is 0 Å². The number of nitrogens with zero attached hydrogens (tertiary/aromatic N) is 3. The number of hydrogen-bond donors (Lipinski definition) is 1. The van der Waals surface area contributed by atoms with Crippen LogP contribution in [0.3, 0.4) is 0 Å². The van der Waals surface area contributed by atoms with E-state index in [1.807, 2.05) is 62.4 Å². The molecule has 0 saturated carbocycles. The second-order valence-electron chi connectivity index (χ2n) is 10.4. The van der Waals surface area contributed by atoms with Gasteiger partial charge in [0, 0.05) is 50.4 Å². The van der Waals surface area contributed by atoms with E-state index in [0.717, 1.165) is 68.5 Å². The Morgan fingerprint density at radius 2 is 1.60 bits per heavy atom. The van der Waals surface area contributed by atoms with E-state index in [9.17, 15) is 4.79 Å². The summed E-state index contributed by atoms with van der Waals surface area (Å²) in [6, 6.07) is 26.0. The lowest BCUT2D eigenvalue weighted by Crippen LogP contribution is -2.46. The van der Waals surface area contributed by atoms with Crippen LogP contribution in [0, 0.1) is 13.8 Å². The van der Waals surface area contributed by atoms with Crippen molar-refractivity contribution in [3.8, 4) is 17.2 Å². The molecule has 0 spiro atoms. The summed E-state index contributed by atoms with van der Waals surface area (Å²) in [5.41, 5.74) is 4.77. The van der Waals surface area contributed by atoms with Gasteiger partial charge in [-0.25, -0.2) is 4.98 Å². The van der Waals surface area contributed by atoms with Crippen LogP contribution in [-0.2, 0) is 13.2 Å². The SMILES string of the molecule is Cc1ccc(OCc2nc(-c3ccc(C(=O)NCCCN4CCN(Cc5ccccc5)CC4)cc3)oc2C)cc1. The highest BCUT2D eigenvalue weighted by molar-refractivity contribution is 5.94. The van der Waals surface area contributed by atoms with E-state index in [1.165, 1.54) is 11.1 Å². The van der Waals surface area contributed by atoms with Gasteiger partial charge in [-0.15, -0.1) is 0 Å². The third-order valence-electron chi connectivity index (χ3n) is 7.33. The average molecular weight is 539 g/mol. The van der Waals surface area contributed by atoms with Gasteiger partial charge in [-0.1, -0.05) is 48.0 Å². The molecule has 0 unspecified atom stereocenters. The third kappa shape index (κ3) is 7.58. The predicted octanol–water partition coefficient (Wildman–Crippen LogP) is 5.48. The number of nitrogens with one attached hydrogen (secondary N) is 1. The molecule has 1 saturated heterocycles. The quantitative estimate of drug-likeness (QED) is 0.255. The summed E-state index contributed by atoms with van der Waals surface area (Å²) in [6.07, 6.45) is 0.936. The number of carbonyl (C=O) groups excluding carboxylic acids is 1. The Bertz CT molecular complexity index is 1360. The van der Waals surface area contributed by atoms with E-state index < -0.39 is 0 Å². The van der Waals surface area contributed by atoms with E-state index in [1.54, 1.807) is 0 Å². The molecular weight excluding hydrogens is 500 g/mol. The molecule has 1 fully saturated rings. The molecule has 1 amide bonds. The van der Waals surface area contributed by atoms with Crippen LogP contribution in [0.2, 0.25) is 0 Å². The molecule has 0 radical (unpaired) electrons. The van der Waals surface area contributed by atoms with Crippen molar-refractivity contribution in [2.75, 3.05) is 39.3 Å². The number of ether oxygens (including phenoxy) is 1. The molecule has 1 aromatic heterocycles. The summed E-state index contributed by atoms with van der Waals surface area (Å²) >= 11 is 0. The van der Waals surface area contributed by atoms with Gasteiger partial charge in [0.15, 0.2) is 0 Å². The molecule has 2 heterocycles. The van der Waals surface area contributed by atoms with Gasteiger partial charge >= 0.3 is 0 Å². The molecule has 40 heavy (non-hydrogen) atoms. The minimum atomic E-state index is -0.0602. The Kier molecular flexibility index (Phi) is 9.26. The first-order valence-corrected chi connectivity index (χ1v) is 14.1. The molecular formula is C33H38N4O3. The smallest absolute Gasteiger partial charge is 0.251 e. The van der Waals surface area contributed by atoms with Crippen molar-refractivity contribution in [1.29, 1.82) is 0 Å². The van der Waals surface area contributed by atoms with Crippen molar-refractivity contribution in [3.05, 3.63) is 107 Å². The second-order valence-corrected chi connectivity index (χ2v) is 10.4. The zero-order valence-corrected chi connectivity index (χ0v) is 23.4. The Hall–Kier alpha value is -3.94. The molecule has 1 aliphatic rings. The first-order valence-electron chi connectivity index (χ1n) is 14.1. The highest BCUT2D eigenvalue weighted by Crippen LogP contribution is 2.23. The summed E-state index contributed by atoms with van der Waals surface area (Å²) < 4.78 is 11.7. The zero-order valence-electron chi connectivity index (χ0n) is 23.4. The van der Waals surface area contributed by atoms with Gasteiger partial charge in [-0.2, -0.15) is 0 Å². The number of benzene rings is 3. The summed E-state index contributed by atoms with van der Waals surface area (Å²) in [4.78, 5) is 22.3. The number of piperazine rings is 1. The number of aryl methyl sites for hydroxylation is 2. The maximum Gasteiger partial charge on any atom is 0.251 e. The van der Waals surface area contributed by atoms with Crippen LogP contribution < -0.4 is 10.1 Å². The molecule has 1 N–H and O–H groups in total. The van der Waals surface area contributed by atoms with Gasteiger partial charge in [0.2, 0.25) is 5.89 Å². The van der Waals surface area contributed by atoms with Gasteiger partial charge in [-0.05, 0) is 68.8 Å². The van der Waals surface area contributed by atoms with Gasteiger partial charge in [0.1, 0.15) is 23.8 Å². The highest BCUT2D eigenvalue weighted by Gasteiger charge is 2.17. The van der Waals surface area contributed by atoms with Crippen LogP contribution in [0.25, 0.3) is 11.5 Å². The molecule has 208 valence electrons. The van der Waals surface area contributed by atoms with Gasteiger partial charge in [-0.3, -0.25) is 9.69 Å². The maximum absolute atomic E-state index is 12.7. The fourth-order valence-electron chi connectivity index (χ4n) is 4.86. The number of oxazole rings is 1. The van der Waals surface area contributed by atoms with Crippen molar-refractivity contribution >= 4 is 5.91 Å². The lowest BCUT2D eigenvalue weighted by atomic mass is 10.1. The summed E-state index contributed by atoms with van der Waals surface area (Å²) in [5.74, 6) is 1.98. The van der Waals surface area contributed by atoms with Crippen LogP contribution >= 0.6 is 0 Å². The first-order chi connectivity index (χ1) is 19.5. The van der Waals surface area contributed by atoms with Crippen molar-refractivity contribution in [2.24, 2.45) is 0 Å². The maximum atomic E-state index is 12.7. The van der Waals surface area contributed by atoms with Crippen LogP contribution in [0.4, 0.5) is 0 Å². The average Bonchev–Trinajstić information content (AvgIpc) is 3.36. The van der Waals surface area contributed by atoms with E-state index in [4.69, 9.17) is 9.15 Å². The van der Waals surface area contributed by atoms with Gasteiger partial charge < -0.3 is 19.4 Å². The molecule has 1 aliphatic heterocycles. The highest BCUT2D eigenvalue weighted by atomic mass is 16.5. The Morgan fingerprint density at radius 3 is 2.33 bits per heavy atom. The zero-order chi connectivity index (χ0) is 27.7. The number of aromatic nitrogens is 1. The summed E-state index contributed by atoms with van der Waals surface area (Å²) in [6.45, 7) is 11.2. The fraction of sp³-hybridized carbons (Fsp3) is 0.333. The molecule has 0 aliphatic carbocycles. The van der Waals surface area contributed by atoms with Gasteiger partial charge in [0.05, 0.1) is 0 Å². The normalized spacial score (nSPS) is 14.2.